The Morgan fingerprint density at radius 3 is 2.79 bits per heavy atom. The van der Waals surface area contributed by atoms with Crippen molar-refractivity contribution in [1.29, 1.82) is 0 Å². The second-order valence-corrected chi connectivity index (χ2v) is 4.92. The van der Waals surface area contributed by atoms with Crippen LogP contribution in [0.5, 0.6) is 0 Å². The molecule has 0 saturated heterocycles. The number of nitrogens with zero attached hydrogens (tertiary/aromatic N) is 1. The van der Waals surface area contributed by atoms with Gasteiger partial charge in [0, 0.05) is 17.9 Å². The molecule has 4 nitrogen and oxygen atoms in total. The van der Waals surface area contributed by atoms with Gasteiger partial charge >= 0.3 is 0 Å². The fourth-order valence-electron chi connectivity index (χ4n) is 2.60. The molecule has 4 heteroatoms. The van der Waals surface area contributed by atoms with Gasteiger partial charge in [0.1, 0.15) is 11.5 Å². The molecule has 2 aromatic rings. The summed E-state index contributed by atoms with van der Waals surface area (Å²) in [5, 5.41) is 0. The molecular weight excluding hydrogens is 240 g/mol. The Balaban J connectivity index is 2.00. The molecule has 1 aliphatic heterocycles. The molecule has 3 rings (SSSR count). The molecule has 0 spiro atoms. The Kier molecular flexibility index (Phi) is 2.59. The minimum Gasteiger partial charge on any atom is -0.466 e. The smallest absolute Gasteiger partial charge is 0.261 e. The first-order valence-corrected chi connectivity index (χ1v) is 6.33. The lowest BCUT2D eigenvalue weighted by molar-refractivity contribution is 0.0988. The van der Waals surface area contributed by atoms with Gasteiger partial charge in [0.15, 0.2) is 0 Å². The molecular formula is C15H16N2O2. The summed E-state index contributed by atoms with van der Waals surface area (Å²) in [6, 6.07) is 7.52. The number of hydrogen-bond acceptors (Lipinski definition) is 3. The molecule has 0 fully saturated rings. The lowest BCUT2D eigenvalue weighted by atomic mass is 10.1. The number of rotatable bonds is 1. The summed E-state index contributed by atoms with van der Waals surface area (Å²) in [5.41, 5.74) is 9.21. The first-order valence-electron chi connectivity index (χ1n) is 6.33. The standard InChI is InChI=1S/C15H16N2O2/c1-9-7-13(10(2)19-9)15(18)17-6-5-11-3-4-12(16)8-14(11)17/h3-4,7-8H,5-6,16H2,1-2H3. The lowest BCUT2D eigenvalue weighted by Crippen LogP contribution is -2.29. The maximum atomic E-state index is 12.6. The minimum absolute atomic E-state index is 0.0151. The quantitative estimate of drug-likeness (QED) is 0.798. The molecule has 2 N–H and O–H groups in total. The zero-order chi connectivity index (χ0) is 13.6. The van der Waals surface area contributed by atoms with Crippen LogP contribution in [0.4, 0.5) is 11.4 Å². The zero-order valence-corrected chi connectivity index (χ0v) is 11.1. The van der Waals surface area contributed by atoms with Crippen molar-refractivity contribution in [3.63, 3.8) is 0 Å². The molecule has 1 aliphatic rings. The van der Waals surface area contributed by atoms with Gasteiger partial charge in [-0.2, -0.15) is 0 Å². The molecule has 2 heterocycles. The van der Waals surface area contributed by atoms with Crippen LogP contribution < -0.4 is 10.6 Å². The summed E-state index contributed by atoms with van der Waals surface area (Å²) >= 11 is 0. The summed E-state index contributed by atoms with van der Waals surface area (Å²) in [7, 11) is 0. The number of amides is 1. The van der Waals surface area contributed by atoms with Crippen molar-refractivity contribution in [3.8, 4) is 0 Å². The van der Waals surface area contributed by atoms with Crippen LogP contribution in [0.3, 0.4) is 0 Å². The normalized spacial score (nSPS) is 13.7. The maximum Gasteiger partial charge on any atom is 0.261 e. The molecule has 0 aliphatic carbocycles. The van der Waals surface area contributed by atoms with E-state index in [1.807, 2.05) is 32.0 Å². The Morgan fingerprint density at radius 1 is 1.32 bits per heavy atom. The van der Waals surface area contributed by atoms with E-state index in [1.54, 1.807) is 11.0 Å². The second-order valence-electron chi connectivity index (χ2n) is 4.92. The second kappa shape index (κ2) is 4.16. The van der Waals surface area contributed by atoms with Crippen LogP contribution in [0.1, 0.15) is 27.4 Å². The van der Waals surface area contributed by atoms with Gasteiger partial charge in [-0.3, -0.25) is 4.79 Å². The number of nitrogens with two attached hydrogens (primary N) is 1. The Hall–Kier alpha value is -2.23. The first kappa shape index (κ1) is 11.8. The predicted octanol–water partition coefficient (Wildman–Crippen LogP) is 2.68. The van der Waals surface area contributed by atoms with Crippen molar-refractivity contribution in [2.75, 3.05) is 17.2 Å². The summed E-state index contributed by atoms with van der Waals surface area (Å²) in [4.78, 5) is 14.4. The van der Waals surface area contributed by atoms with Crippen LogP contribution in [0.15, 0.2) is 28.7 Å². The molecule has 0 unspecified atom stereocenters. The van der Waals surface area contributed by atoms with E-state index in [-0.39, 0.29) is 5.91 Å². The van der Waals surface area contributed by atoms with Gasteiger partial charge in [-0.15, -0.1) is 0 Å². The number of carbonyl (C=O) groups excluding carboxylic acids is 1. The molecule has 98 valence electrons. The van der Waals surface area contributed by atoms with Crippen LogP contribution in [-0.4, -0.2) is 12.5 Å². The third kappa shape index (κ3) is 1.89. The summed E-state index contributed by atoms with van der Waals surface area (Å²) < 4.78 is 5.43. The first-order chi connectivity index (χ1) is 9.06. The minimum atomic E-state index is -0.0151. The van der Waals surface area contributed by atoms with E-state index < -0.39 is 0 Å². The van der Waals surface area contributed by atoms with Crippen molar-refractivity contribution < 1.29 is 9.21 Å². The highest BCUT2D eigenvalue weighted by Crippen LogP contribution is 2.31. The zero-order valence-electron chi connectivity index (χ0n) is 11.1. The topological polar surface area (TPSA) is 59.5 Å². The molecule has 1 amide bonds. The van der Waals surface area contributed by atoms with E-state index in [9.17, 15) is 4.79 Å². The van der Waals surface area contributed by atoms with Gasteiger partial charge in [-0.1, -0.05) is 6.07 Å². The van der Waals surface area contributed by atoms with Crippen molar-refractivity contribution in [2.45, 2.75) is 20.3 Å². The number of anilines is 2. The van der Waals surface area contributed by atoms with Gasteiger partial charge < -0.3 is 15.1 Å². The average Bonchev–Trinajstić information content (AvgIpc) is 2.91. The lowest BCUT2D eigenvalue weighted by Gasteiger charge is -2.17. The van der Waals surface area contributed by atoms with E-state index in [0.29, 0.717) is 23.6 Å². The predicted molar refractivity (Wildman–Crippen MR) is 74.4 cm³/mol. The van der Waals surface area contributed by atoms with Gasteiger partial charge in [-0.05, 0) is 44.0 Å². The highest BCUT2D eigenvalue weighted by atomic mass is 16.3. The van der Waals surface area contributed by atoms with Crippen LogP contribution >= 0.6 is 0 Å². The molecule has 19 heavy (non-hydrogen) atoms. The summed E-state index contributed by atoms with van der Waals surface area (Å²) in [6.45, 7) is 4.36. The van der Waals surface area contributed by atoms with Gasteiger partial charge in [0.05, 0.1) is 5.56 Å². The van der Waals surface area contributed by atoms with Crippen LogP contribution in [0.2, 0.25) is 0 Å². The maximum absolute atomic E-state index is 12.6. The Morgan fingerprint density at radius 2 is 2.11 bits per heavy atom. The Labute approximate surface area is 111 Å². The van der Waals surface area contributed by atoms with Crippen LogP contribution in [-0.2, 0) is 6.42 Å². The number of hydrogen-bond donors (Lipinski definition) is 1. The third-order valence-electron chi connectivity index (χ3n) is 3.52. The molecule has 0 saturated carbocycles. The van der Waals surface area contributed by atoms with Gasteiger partial charge in [0.2, 0.25) is 0 Å². The van der Waals surface area contributed by atoms with E-state index in [2.05, 4.69) is 0 Å². The molecule has 0 atom stereocenters. The number of fused-ring (bicyclic) bond motifs is 1. The molecule has 0 radical (unpaired) electrons. The summed E-state index contributed by atoms with van der Waals surface area (Å²) in [5.74, 6) is 1.41. The highest BCUT2D eigenvalue weighted by molar-refractivity contribution is 6.08. The number of benzene rings is 1. The summed E-state index contributed by atoms with van der Waals surface area (Å²) in [6.07, 6.45) is 0.872. The number of nitrogen functional groups attached to an aromatic ring is 1. The molecule has 0 bridgehead atoms. The average molecular weight is 256 g/mol. The molecule has 1 aromatic heterocycles. The van der Waals surface area contributed by atoms with Crippen LogP contribution in [0.25, 0.3) is 0 Å². The van der Waals surface area contributed by atoms with Crippen molar-refractivity contribution in [1.82, 2.24) is 0 Å². The molecule has 1 aromatic carbocycles. The van der Waals surface area contributed by atoms with E-state index in [1.165, 1.54) is 5.56 Å². The van der Waals surface area contributed by atoms with E-state index in [0.717, 1.165) is 17.9 Å². The largest absolute Gasteiger partial charge is 0.466 e. The van der Waals surface area contributed by atoms with Crippen molar-refractivity contribution in [3.05, 3.63) is 46.9 Å². The van der Waals surface area contributed by atoms with E-state index in [4.69, 9.17) is 10.2 Å². The number of furan rings is 1. The van der Waals surface area contributed by atoms with E-state index >= 15 is 0 Å². The SMILES string of the molecule is Cc1cc(C(=O)N2CCc3ccc(N)cc32)c(C)o1. The fraction of sp³-hybridized carbons (Fsp3) is 0.267. The van der Waals surface area contributed by atoms with Gasteiger partial charge in [-0.25, -0.2) is 0 Å². The van der Waals surface area contributed by atoms with Crippen molar-refractivity contribution in [2.24, 2.45) is 0 Å². The number of aryl methyl sites for hydroxylation is 2. The van der Waals surface area contributed by atoms with Crippen LogP contribution in [0, 0.1) is 13.8 Å². The third-order valence-corrected chi connectivity index (χ3v) is 3.52. The highest BCUT2D eigenvalue weighted by Gasteiger charge is 2.27. The van der Waals surface area contributed by atoms with Crippen molar-refractivity contribution >= 4 is 17.3 Å². The van der Waals surface area contributed by atoms with Gasteiger partial charge in [0.25, 0.3) is 5.91 Å². The Bertz CT molecular complexity index is 658. The monoisotopic (exact) mass is 256 g/mol. The number of carbonyl (C=O) groups is 1. The fourth-order valence-corrected chi connectivity index (χ4v) is 2.60.